The molecule has 3 N–H and O–H groups in total. The Balaban J connectivity index is 1.13. The van der Waals surface area contributed by atoms with Gasteiger partial charge in [0.1, 0.15) is 11.4 Å². The highest BCUT2D eigenvalue weighted by molar-refractivity contribution is 5.98. The third kappa shape index (κ3) is 4.21. The van der Waals surface area contributed by atoms with E-state index >= 15 is 0 Å². The minimum atomic E-state index is -0.912. The van der Waals surface area contributed by atoms with Crippen molar-refractivity contribution in [1.82, 2.24) is 50.4 Å². The van der Waals surface area contributed by atoms with Gasteiger partial charge in [-0.25, -0.2) is 19.0 Å². The number of carbonyl (C=O) groups excluding carboxylic acids is 2. The molecule has 4 aromatic heterocycles. The van der Waals surface area contributed by atoms with E-state index in [9.17, 15) is 19.2 Å². The molecule has 2 amide bonds. The number of carbonyl (C=O) groups is 2. The number of hydrogen-bond acceptors (Lipinski definition) is 11. The lowest BCUT2D eigenvalue weighted by Gasteiger charge is -2.15. The van der Waals surface area contributed by atoms with Crippen molar-refractivity contribution < 1.29 is 18.5 Å². The topological polar surface area (TPSA) is 208 Å². The first-order valence-corrected chi connectivity index (χ1v) is 12.8. The number of amides is 2. The van der Waals surface area contributed by atoms with Crippen molar-refractivity contribution in [1.29, 1.82) is 0 Å². The number of nitrogens with zero attached hydrogens (tertiary/aromatic N) is 7. The molecule has 1 aliphatic carbocycles. The van der Waals surface area contributed by atoms with E-state index in [4.69, 9.17) is 8.94 Å². The molecule has 0 spiro atoms. The molecule has 4 heterocycles. The van der Waals surface area contributed by atoms with Crippen LogP contribution in [0.15, 0.2) is 61.0 Å². The summed E-state index contributed by atoms with van der Waals surface area (Å²) in [5.41, 5.74) is 4.16. The zero-order chi connectivity index (χ0) is 29.0. The van der Waals surface area contributed by atoms with Crippen LogP contribution in [-0.4, -0.2) is 51.5 Å². The third-order valence-electron chi connectivity index (χ3n) is 7.23. The van der Waals surface area contributed by atoms with Crippen LogP contribution in [0.25, 0.3) is 28.3 Å². The predicted molar refractivity (Wildman–Crippen MR) is 142 cm³/mol. The van der Waals surface area contributed by atoms with E-state index < -0.39 is 23.3 Å². The number of H-pyrrole nitrogens is 1. The van der Waals surface area contributed by atoms with E-state index in [0.29, 0.717) is 35.3 Å². The Labute approximate surface area is 233 Å². The van der Waals surface area contributed by atoms with E-state index in [1.54, 1.807) is 25.2 Å². The normalized spacial score (nSPS) is 14.4. The molecule has 16 nitrogen and oxygen atoms in total. The highest BCUT2D eigenvalue weighted by Crippen LogP contribution is 2.33. The van der Waals surface area contributed by atoms with Crippen molar-refractivity contribution >= 4 is 28.7 Å². The molecule has 6 aromatic rings. The molecule has 7 rings (SSSR count). The lowest BCUT2D eigenvalue weighted by atomic mass is 10.0. The second-order valence-corrected chi connectivity index (χ2v) is 9.74. The summed E-state index contributed by atoms with van der Waals surface area (Å²) in [4.78, 5) is 54.8. The van der Waals surface area contributed by atoms with Gasteiger partial charge in [0.05, 0.1) is 11.6 Å². The summed E-state index contributed by atoms with van der Waals surface area (Å²) >= 11 is 0. The maximum absolute atomic E-state index is 13.5. The summed E-state index contributed by atoms with van der Waals surface area (Å²) in [6.07, 6.45) is 1.33. The van der Waals surface area contributed by atoms with Crippen molar-refractivity contribution in [3.8, 4) is 11.4 Å². The number of aryl methyl sites for hydroxylation is 2. The van der Waals surface area contributed by atoms with Crippen LogP contribution in [-0.2, 0) is 20.0 Å². The van der Waals surface area contributed by atoms with Gasteiger partial charge in [0.25, 0.3) is 17.6 Å². The SMILES string of the molecule is Cn1c(=O)oc2ccc(CNC(=O)c3cc(C(=O)N[C@H]4CCc5cc(-c6nn[nH]n6)ccc54)n4c(=O)onc4n3)cc21. The molecule has 1 aliphatic rings. The van der Waals surface area contributed by atoms with Gasteiger partial charge in [0.15, 0.2) is 5.58 Å². The van der Waals surface area contributed by atoms with E-state index in [1.165, 1.54) is 10.6 Å². The van der Waals surface area contributed by atoms with E-state index in [0.717, 1.165) is 21.1 Å². The van der Waals surface area contributed by atoms with Crippen LogP contribution in [0.3, 0.4) is 0 Å². The van der Waals surface area contributed by atoms with Crippen LogP contribution in [0.5, 0.6) is 0 Å². The summed E-state index contributed by atoms with van der Waals surface area (Å²) in [7, 11) is 1.58. The van der Waals surface area contributed by atoms with E-state index in [2.05, 4.69) is 41.4 Å². The third-order valence-corrected chi connectivity index (χ3v) is 7.23. The van der Waals surface area contributed by atoms with Crippen molar-refractivity contribution in [3.63, 3.8) is 0 Å². The summed E-state index contributed by atoms with van der Waals surface area (Å²) in [6.45, 7) is 0.0961. The second-order valence-electron chi connectivity index (χ2n) is 9.74. The summed E-state index contributed by atoms with van der Waals surface area (Å²) in [5.74, 6) is -2.38. The summed E-state index contributed by atoms with van der Waals surface area (Å²) in [5, 5.41) is 23.3. The van der Waals surface area contributed by atoms with Gasteiger partial charge in [-0.05, 0) is 64.2 Å². The van der Waals surface area contributed by atoms with Crippen LogP contribution < -0.4 is 22.1 Å². The zero-order valence-corrected chi connectivity index (χ0v) is 21.8. The van der Waals surface area contributed by atoms with Crippen molar-refractivity contribution in [2.24, 2.45) is 7.05 Å². The van der Waals surface area contributed by atoms with Gasteiger partial charge in [0, 0.05) is 19.2 Å². The maximum Gasteiger partial charge on any atom is 0.448 e. The first-order chi connectivity index (χ1) is 20.4. The molecule has 0 radical (unpaired) electrons. The monoisotopic (exact) mass is 568 g/mol. The molecule has 0 bridgehead atoms. The molecular formula is C26H20N10O6. The number of benzene rings is 2. The highest BCUT2D eigenvalue weighted by Gasteiger charge is 2.28. The molecule has 0 saturated heterocycles. The molecule has 210 valence electrons. The van der Waals surface area contributed by atoms with Crippen LogP contribution in [0.1, 0.15) is 50.1 Å². The highest BCUT2D eigenvalue weighted by atomic mass is 16.5. The van der Waals surface area contributed by atoms with Gasteiger partial charge in [-0.1, -0.05) is 18.2 Å². The molecular weight excluding hydrogens is 548 g/mol. The number of aromatic nitrogens is 8. The average Bonchev–Trinajstić information content (AvgIpc) is 3.80. The fraction of sp³-hybridized carbons (Fsp3) is 0.192. The predicted octanol–water partition coefficient (Wildman–Crippen LogP) is 0.655. The smallest absolute Gasteiger partial charge is 0.408 e. The quantitative estimate of drug-likeness (QED) is 0.254. The Hall–Kier alpha value is -5.93. The van der Waals surface area contributed by atoms with Gasteiger partial charge in [-0.15, -0.1) is 10.2 Å². The van der Waals surface area contributed by atoms with E-state index in [-0.39, 0.29) is 29.8 Å². The van der Waals surface area contributed by atoms with Gasteiger partial charge >= 0.3 is 11.5 Å². The number of fused-ring (bicyclic) bond motifs is 3. The lowest BCUT2D eigenvalue weighted by Crippen LogP contribution is -2.32. The molecule has 0 unspecified atom stereocenters. The molecule has 0 saturated carbocycles. The molecule has 1 atom stereocenters. The molecule has 42 heavy (non-hydrogen) atoms. The second kappa shape index (κ2) is 9.61. The van der Waals surface area contributed by atoms with Gasteiger partial charge in [-0.2, -0.15) is 5.21 Å². The van der Waals surface area contributed by atoms with Crippen LogP contribution in [0, 0.1) is 0 Å². The number of nitrogens with one attached hydrogen (secondary N) is 3. The minimum absolute atomic E-state index is 0.0961. The van der Waals surface area contributed by atoms with Gasteiger partial charge in [0.2, 0.25) is 5.82 Å². The standard InChI is InChI=1S/C26H20N10O6/c1-35-18-8-12(2-7-20(18)41-25(35)39)11-27-22(37)17-10-19(36-24(29-17)32-42-26(36)40)23(38)28-16-6-4-13-9-14(3-5-15(13)16)21-30-33-34-31-21/h2-3,5,7-10,16H,4,6,11H2,1H3,(H,27,37)(H,28,38)(H,30,31,33,34)/t16-/m0/s1. The maximum atomic E-state index is 13.5. The zero-order valence-electron chi connectivity index (χ0n) is 21.8. The number of tetrazole rings is 1. The van der Waals surface area contributed by atoms with Crippen LogP contribution in [0.4, 0.5) is 0 Å². The lowest BCUT2D eigenvalue weighted by molar-refractivity contribution is 0.0929. The van der Waals surface area contributed by atoms with Gasteiger partial charge in [-0.3, -0.25) is 18.7 Å². The fourth-order valence-electron chi connectivity index (χ4n) is 5.12. The molecule has 16 heteroatoms. The molecule has 2 aromatic carbocycles. The first kappa shape index (κ1) is 25.1. The largest absolute Gasteiger partial charge is 0.448 e. The van der Waals surface area contributed by atoms with Crippen molar-refractivity contribution in [3.05, 3.63) is 91.6 Å². The van der Waals surface area contributed by atoms with Crippen molar-refractivity contribution in [2.45, 2.75) is 25.4 Å². The van der Waals surface area contributed by atoms with Crippen LogP contribution >= 0.6 is 0 Å². The Bertz CT molecular complexity index is 2140. The van der Waals surface area contributed by atoms with Crippen molar-refractivity contribution in [2.75, 3.05) is 0 Å². The van der Waals surface area contributed by atoms with Gasteiger partial charge < -0.3 is 15.1 Å². The Morgan fingerprint density at radius 2 is 1.98 bits per heavy atom. The Morgan fingerprint density at radius 1 is 1.10 bits per heavy atom. The fourth-order valence-corrected chi connectivity index (χ4v) is 5.12. The summed E-state index contributed by atoms with van der Waals surface area (Å²) < 4.78 is 12.1. The number of hydrogen-bond donors (Lipinski definition) is 3. The van der Waals surface area contributed by atoms with E-state index in [1.807, 2.05) is 18.2 Å². The Morgan fingerprint density at radius 3 is 2.81 bits per heavy atom. The Kier molecular flexibility index (Phi) is 5.74. The first-order valence-electron chi connectivity index (χ1n) is 12.8. The average molecular weight is 569 g/mol. The number of rotatable bonds is 6. The molecule has 0 aliphatic heterocycles. The van der Waals surface area contributed by atoms with Crippen LogP contribution in [0.2, 0.25) is 0 Å². The summed E-state index contributed by atoms with van der Waals surface area (Å²) in [6, 6.07) is 11.6. The molecule has 0 fully saturated rings. The number of oxazole rings is 1. The minimum Gasteiger partial charge on any atom is -0.408 e. The number of aromatic amines is 1.